The Balaban J connectivity index is 1.71. The van der Waals surface area contributed by atoms with Crippen molar-refractivity contribution in [3.05, 3.63) is 62.5 Å². The Morgan fingerprint density at radius 3 is 3.00 bits per heavy atom. The first kappa shape index (κ1) is 17.3. The number of carbonyl (C=O) groups is 1. The van der Waals surface area contributed by atoms with Gasteiger partial charge in [0.1, 0.15) is 11.4 Å². The van der Waals surface area contributed by atoms with Gasteiger partial charge in [-0.1, -0.05) is 36.7 Å². The van der Waals surface area contributed by atoms with E-state index in [1.807, 2.05) is 25.1 Å². The van der Waals surface area contributed by atoms with E-state index in [1.54, 1.807) is 12.1 Å². The lowest BCUT2D eigenvalue weighted by molar-refractivity contribution is -0.121. The first-order valence-corrected chi connectivity index (χ1v) is 8.82. The molecule has 25 heavy (non-hydrogen) atoms. The number of hydrogen-bond acceptors (Lipinski definition) is 5. The highest BCUT2D eigenvalue weighted by molar-refractivity contribution is 7.18. The van der Waals surface area contributed by atoms with Gasteiger partial charge >= 0.3 is 0 Å². The summed E-state index contributed by atoms with van der Waals surface area (Å²) in [5.41, 5.74) is 2.84. The molecule has 0 atom stereocenters. The lowest BCUT2D eigenvalue weighted by Crippen LogP contribution is -2.29. The Hall–Kier alpha value is -2.51. The molecule has 0 bridgehead atoms. The van der Waals surface area contributed by atoms with Crippen LogP contribution in [0.15, 0.2) is 46.6 Å². The van der Waals surface area contributed by atoms with Gasteiger partial charge in [-0.2, -0.15) is 5.10 Å². The summed E-state index contributed by atoms with van der Waals surface area (Å²) in [5, 5.41) is 4.94. The highest BCUT2D eigenvalue weighted by atomic mass is 35.5. The van der Waals surface area contributed by atoms with Crippen molar-refractivity contribution in [2.45, 2.75) is 19.9 Å². The van der Waals surface area contributed by atoms with Gasteiger partial charge in [-0.15, -0.1) is 11.3 Å². The maximum atomic E-state index is 12.4. The minimum Gasteiger partial charge on any atom is -0.289 e. The first-order chi connectivity index (χ1) is 12.1. The second kappa shape index (κ2) is 7.58. The van der Waals surface area contributed by atoms with Crippen LogP contribution in [-0.4, -0.2) is 21.7 Å². The van der Waals surface area contributed by atoms with Gasteiger partial charge in [0, 0.05) is 15.5 Å². The van der Waals surface area contributed by atoms with Crippen molar-refractivity contribution in [3.8, 4) is 0 Å². The van der Waals surface area contributed by atoms with Crippen molar-refractivity contribution in [1.82, 2.24) is 15.0 Å². The largest absolute Gasteiger partial charge is 0.289 e. The van der Waals surface area contributed by atoms with Gasteiger partial charge in [-0.25, -0.2) is 10.4 Å². The van der Waals surface area contributed by atoms with Gasteiger partial charge in [-0.3, -0.25) is 14.2 Å². The minimum atomic E-state index is -0.419. The van der Waals surface area contributed by atoms with E-state index in [-0.39, 0.29) is 12.1 Å². The number of fused-ring (bicyclic) bond motifs is 1. The Kier molecular flexibility index (Phi) is 5.25. The molecule has 1 amide bonds. The number of thiophene rings is 1. The van der Waals surface area contributed by atoms with Gasteiger partial charge in [0.25, 0.3) is 11.5 Å². The number of hydrazone groups is 1. The second-order valence-corrected chi connectivity index (χ2v) is 6.80. The van der Waals surface area contributed by atoms with Crippen LogP contribution in [0.25, 0.3) is 10.2 Å². The molecule has 0 spiro atoms. The van der Waals surface area contributed by atoms with E-state index in [9.17, 15) is 9.59 Å². The van der Waals surface area contributed by atoms with Crippen LogP contribution in [0.5, 0.6) is 0 Å². The fraction of sp³-hybridized carbons (Fsp3) is 0.176. The summed E-state index contributed by atoms with van der Waals surface area (Å²) < 4.78 is 1.27. The highest BCUT2D eigenvalue weighted by Gasteiger charge is 2.10. The molecule has 1 N–H and O–H groups in total. The molecular formula is C17H15ClN4O2S. The molecule has 0 unspecified atom stereocenters. The van der Waals surface area contributed by atoms with Crippen molar-refractivity contribution < 1.29 is 4.79 Å². The molecule has 3 rings (SSSR count). The molecule has 1 aromatic carbocycles. The summed E-state index contributed by atoms with van der Waals surface area (Å²) in [7, 11) is 0. The predicted octanol–water partition coefficient (Wildman–Crippen LogP) is 2.82. The first-order valence-electron chi connectivity index (χ1n) is 7.62. The molecule has 0 aliphatic carbocycles. The zero-order chi connectivity index (χ0) is 17.8. The molecule has 0 aliphatic rings. The summed E-state index contributed by atoms with van der Waals surface area (Å²) in [6, 6.07) is 8.97. The van der Waals surface area contributed by atoms with E-state index < -0.39 is 5.91 Å². The number of carbonyl (C=O) groups excluding carboxylic acids is 1. The van der Waals surface area contributed by atoms with E-state index in [4.69, 9.17) is 11.6 Å². The maximum Gasteiger partial charge on any atom is 0.262 e. The van der Waals surface area contributed by atoms with Crippen molar-refractivity contribution in [1.29, 1.82) is 0 Å². The topological polar surface area (TPSA) is 76.3 Å². The van der Waals surface area contributed by atoms with E-state index in [0.29, 0.717) is 20.8 Å². The van der Waals surface area contributed by atoms with Crippen LogP contribution in [0.1, 0.15) is 17.4 Å². The number of amides is 1. The molecule has 0 saturated carbocycles. The van der Waals surface area contributed by atoms with E-state index in [0.717, 1.165) is 11.3 Å². The Morgan fingerprint density at radius 2 is 2.24 bits per heavy atom. The highest BCUT2D eigenvalue weighted by Crippen LogP contribution is 2.20. The molecule has 128 valence electrons. The van der Waals surface area contributed by atoms with Crippen LogP contribution in [0, 0.1) is 0 Å². The minimum absolute atomic E-state index is 0.154. The van der Waals surface area contributed by atoms with Crippen molar-refractivity contribution >= 4 is 45.3 Å². The molecule has 0 fully saturated rings. The monoisotopic (exact) mass is 374 g/mol. The van der Waals surface area contributed by atoms with Gasteiger partial charge in [0.2, 0.25) is 0 Å². The molecular weight excluding hydrogens is 360 g/mol. The number of rotatable bonds is 5. The number of nitrogens with one attached hydrogen (secondary N) is 1. The molecule has 0 saturated heterocycles. The Labute approximate surface area is 152 Å². The number of aryl methyl sites for hydroxylation is 1. The molecule has 2 aromatic heterocycles. The van der Waals surface area contributed by atoms with Crippen LogP contribution < -0.4 is 11.0 Å². The maximum absolute atomic E-state index is 12.4. The lowest BCUT2D eigenvalue weighted by Gasteiger charge is -2.03. The number of hydrogen-bond donors (Lipinski definition) is 1. The van der Waals surface area contributed by atoms with Gasteiger partial charge in [0.15, 0.2) is 0 Å². The molecule has 0 radical (unpaired) electrons. The quantitative estimate of drug-likeness (QED) is 0.551. The summed E-state index contributed by atoms with van der Waals surface area (Å²) in [6.07, 6.45) is 3.69. The third-order valence-electron chi connectivity index (χ3n) is 3.53. The summed E-state index contributed by atoms with van der Waals surface area (Å²) in [5.74, 6) is -0.419. The lowest BCUT2D eigenvalue weighted by atomic mass is 10.2. The Bertz CT molecular complexity index is 1010. The van der Waals surface area contributed by atoms with Crippen LogP contribution >= 0.6 is 22.9 Å². The van der Waals surface area contributed by atoms with Crippen molar-refractivity contribution in [3.63, 3.8) is 0 Å². The van der Waals surface area contributed by atoms with Gasteiger partial charge in [-0.05, 0) is 18.6 Å². The number of aromatic nitrogens is 2. The average Bonchev–Trinajstić information content (AvgIpc) is 3.03. The second-order valence-electron chi connectivity index (χ2n) is 5.28. The number of nitrogens with zero attached hydrogens (tertiary/aromatic N) is 3. The van der Waals surface area contributed by atoms with E-state index >= 15 is 0 Å². The molecule has 2 heterocycles. The average molecular weight is 375 g/mol. The summed E-state index contributed by atoms with van der Waals surface area (Å²) in [4.78, 5) is 30.4. The predicted molar refractivity (Wildman–Crippen MR) is 100 cm³/mol. The van der Waals surface area contributed by atoms with Crippen molar-refractivity contribution in [2.75, 3.05) is 0 Å². The smallest absolute Gasteiger partial charge is 0.262 e. The molecule has 0 aliphatic heterocycles. The third kappa shape index (κ3) is 3.94. The van der Waals surface area contributed by atoms with Crippen LogP contribution in [0.4, 0.5) is 0 Å². The van der Waals surface area contributed by atoms with Crippen LogP contribution in [0.2, 0.25) is 5.02 Å². The zero-order valence-corrected chi connectivity index (χ0v) is 15.0. The van der Waals surface area contributed by atoms with E-state index in [2.05, 4.69) is 15.5 Å². The molecule has 3 aromatic rings. The third-order valence-corrected chi connectivity index (χ3v) is 5.06. The number of halogens is 1. The summed E-state index contributed by atoms with van der Waals surface area (Å²) in [6.45, 7) is 1.87. The number of benzene rings is 1. The standard InChI is InChI=1S/C17H15ClN4O2S/c1-2-12-7-13-16(25-12)19-10-22(17(13)24)9-15(23)21-20-8-11-5-3-4-6-14(11)18/h3-8,10H,2,9H2,1H3,(H,21,23)/b20-8-. The van der Waals surface area contributed by atoms with Gasteiger partial charge < -0.3 is 0 Å². The summed E-state index contributed by atoms with van der Waals surface area (Å²) >= 11 is 7.49. The zero-order valence-electron chi connectivity index (χ0n) is 13.4. The fourth-order valence-corrected chi connectivity index (χ4v) is 3.35. The normalized spacial score (nSPS) is 11.3. The van der Waals surface area contributed by atoms with E-state index in [1.165, 1.54) is 28.4 Å². The fourth-order valence-electron chi connectivity index (χ4n) is 2.24. The van der Waals surface area contributed by atoms with Crippen LogP contribution in [-0.2, 0) is 17.8 Å². The Morgan fingerprint density at radius 1 is 1.44 bits per heavy atom. The molecule has 6 nitrogen and oxygen atoms in total. The SMILES string of the molecule is CCc1cc2c(=O)n(CC(=O)N/N=C\c3ccccc3Cl)cnc2s1. The van der Waals surface area contributed by atoms with Crippen LogP contribution in [0.3, 0.4) is 0 Å². The van der Waals surface area contributed by atoms with Gasteiger partial charge in [0.05, 0.1) is 17.9 Å². The molecule has 8 heteroatoms. The van der Waals surface area contributed by atoms with Crippen molar-refractivity contribution in [2.24, 2.45) is 5.10 Å².